The third-order valence-electron chi connectivity index (χ3n) is 4.46. The van der Waals surface area contributed by atoms with E-state index < -0.39 is 0 Å². The zero-order chi connectivity index (χ0) is 11.8. The van der Waals surface area contributed by atoms with E-state index in [1.165, 1.54) is 44.9 Å². The van der Waals surface area contributed by atoms with Gasteiger partial charge in [0.25, 0.3) is 0 Å². The summed E-state index contributed by atoms with van der Waals surface area (Å²) in [5, 5.41) is 0. The second-order valence-corrected chi connectivity index (χ2v) is 6.98. The maximum Gasteiger partial charge on any atom is 0.0400 e. The van der Waals surface area contributed by atoms with E-state index in [1.807, 2.05) is 0 Å². The lowest BCUT2D eigenvalue weighted by atomic mass is 9.87. The Hall–Kier alpha value is -0.300. The van der Waals surface area contributed by atoms with Crippen molar-refractivity contribution in [2.45, 2.75) is 56.7 Å². The van der Waals surface area contributed by atoms with Crippen LogP contribution in [0.1, 0.15) is 59.7 Å². The summed E-state index contributed by atoms with van der Waals surface area (Å²) >= 11 is 3.91. The number of alkyl halides is 1. The summed E-state index contributed by atoms with van der Waals surface area (Å²) in [5.41, 5.74) is 6.49. The number of rotatable bonds is 0. The molecule has 1 aromatic rings. The predicted octanol–water partition coefficient (Wildman–Crippen LogP) is 4.97. The van der Waals surface area contributed by atoms with Crippen LogP contribution >= 0.6 is 15.9 Å². The second kappa shape index (κ2) is 4.76. The zero-order valence-corrected chi connectivity index (χ0v) is 12.2. The summed E-state index contributed by atoms with van der Waals surface area (Å²) in [6.07, 6.45) is 9.32. The average molecular weight is 293 g/mol. The standard InChI is InChI=1S/C16H21Br/c1-11-6-7-14-9-12-4-2-3-5-13(12)10-15(14)16(17)8-11/h9-11,16H,2-8H2,1H3. The van der Waals surface area contributed by atoms with Gasteiger partial charge in [-0.2, -0.15) is 0 Å². The lowest BCUT2D eigenvalue weighted by Gasteiger charge is -2.20. The van der Waals surface area contributed by atoms with Crippen LogP contribution in [0.4, 0.5) is 0 Å². The Kier molecular flexibility index (Phi) is 3.30. The van der Waals surface area contributed by atoms with Crippen LogP contribution in [0.3, 0.4) is 0 Å². The monoisotopic (exact) mass is 292 g/mol. The second-order valence-electron chi connectivity index (χ2n) is 5.87. The minimum atomic E-state index is 0.585. The quantitative estimate of drug-likeness (QED) is 0.468. The molecule has 0 bridgehead atoms. The van der Waals surface area contributed by atoms with Crippen molar-refractivity contribution >= 4 is 15.9 Å². The molecular formula is C16H21Br. The van der Waals surface area contributed by atoms with Gasteiger partial charge in [0.2, 0.25) is 0 Å². The van der Waals surface area contributed by atoms with Gasteiger partial charge in [0.15, 0.2) is 0 Å². The Balaban J connectivity index is 2.03. The Morgan fingerprint density at radius 1 is 1.00 bits per heavy atom. The number of benzene rings is 1. The van der Waals surface area contributed by atoms with E-state index in [0.29, 0.717) is 4.83 Å². The van der Waals surface area contributed by atoms with Gasteiger partial charge < -0.3 is 0 Å². The molecule has 3 rings (SSSR count). The molecule has 0 fully saturated rings. The van der Waals surface area contributed by atoms with Gasteiger partial charge in [-0.1, -0.05) is 35.0 Å². The van der Waals surface area contributed by atoms with Crippen molar-refractivity contribution in [1.29, 1.82) is 0 Å². The van der Waals surface area contributed by atoms with Crippen LogP contribution in [0, 0.1) is 5.92 Å². The van der Waals surface area contributed by atoms with Crippen molar-refractivity contribution in [3.63, 3.8) is 0 Å². The molecule has 2 atom stereocenters. The fraction of sp³-hybridized carbons (Fsp3) is 0.625. The van der Waals surface area contributed by atoms with Crippen LogP contribution in [0.15, 0.2) is 12.1 Å². The van der Waals surface area contributed by atoms with Crippen molar-refractivity contribution in [3.8, 4) is 0 Å². The molecule has 2 aliphatic carbocycles. The van der Waals surface area contributed by atoms with Crippen molar-refractivity contribution in [2.24, 2.45) is 5.92 Å². The van der Waals surface area contributed by atoms with Gasteiger partial charge in [0.1, 0.15) is 0 Å². The number of fused-ring (bicyclic) bond motifs is 2. The maximum atomic E-state index is 3.91. The minimum Gasteiger partial charge on any atom is -0.0839 e. The van der Waals surface area contributed by atoms with Crippen molar-refractivity contribution < 1.29 is 0 Å². The van der Waals surface area contributed by atoms with E-state index in [9.17, 15) is 0 Å². The molecule has 0 saturated carbocycles. The van der Waals surface area contributed by atoms with Gasteiger partial charge in [-0.3, -0.25) is 0 Å². The molecule has 0 spiro atoms. The normalized spacial score (nSPS) is 28.1. The van der Waals surface area contributed by atoms with E-state index in [4.69, 9.17) is 0 Å². The third-order valence-corrected chi connectivity index (χ3v) is 5.32. The molecule has 1 aromatic carbocycles. The first-order valence-corrected chi connectivity index (χ1v) is 7.94. The van der Waals surface area contributed by atoms with Gasteiger partial charge in [-0.05, 0) is 73.1 Å². The zero-order valence-electron chi connectivity index (χ0n) is 10.6. The summed E-state index contributed by atoms with van der Waals surface area (Å²) in [4.78, 5) is 0.585. The molecule has 0 radical (unpaired) electrons. The van der Waals surface area contributed by atoms with E-state index in [0.717, 1.165) is 5.92 Å². The summed E-state index contributed by atoms with van der Waals surface area (Å²) < 4.78 is 0. The highest BCUT2D eigenvalue weighted by molar-refractivity contribution is 9.09. The molecule has 0 amide bonds. The number of hydrogen-bond donors (Lipinski definition) is 0. The largest absolute Gasteiger partial charge is 0.0839 e. The van der Waals surface area contributed by atoms with Crippen LogP contribution in [0.25, 0.3) is 0 Å². The number of aryl methyl sites for hydroxylation is 3. The summed E-state index contributed by atoms with van der Waals surface area (Å²) in [6, 6.07) is 5.04. The van der Waals surface area contributed by atoms with Crippen LogP contribution in [0.2, 0.25) is 0 Å². The van der Waals surface area contributed by atoms with Gasteiger partial charge in [-0.15, -0.1) is 0 Å². The predicted molar refractivity (Wildman–Crippen MR) is 76.9 cm³/mol. The third kappa shape index (κ3) is 2.31. The molecule has 2 aliphatic rings. The lowest BCUT2D eigenvalue weighted by Crippen LogP contribution is -2.06. The van der Waals surface area contributed by atoms with Crippen LogP contribution in [-0.4, -0.2) is 0 Å². The summed E-state index contributed by atoms with van der Waals surface area (Å²) in [7, 11) is 0. The highest BCUT2D eigenvalue weighted by atomic mass is 79.9. The van der Waals surface area contributed by atoms with Gasteiger partial charge >= 0.3 is 0 Å². The maximum absolute atomic E-state index is 3.91. The summed E-state index contributed by atoms with van der Waals surface area (Å²) in [5.74, 6) is 0.851. The van der Waals surface area contributed by atoms with E-state index in [2.05, 4.69) is 35.0 Å². The Morgan fingerprint density at radius 2 is 1.71 bits per heavy atom. The average Bonchev–Trinajstić information content (AvgIpc) is 2.47. The van der Waals surface area contributed by atoms with Crippen molar-refractivity contribution in [1.82, 2.24) is 0 Å². The first-order valence-electron chi connectivity index (χ1n) is 7.02. The highest BCUT2D eigenvalue weighted by Crippen LogP contribution is 2.39. The summed E-state index contributed by atoms with van der Waals surface area (Å²) in [6.45, 7) is 2.39. The van der Waals surface area contributed by atoms with Gasteiger partial charge in [0, 0.05) is 4.83 Å². The smallest absolute Gasteiger partial charge is 0.0400 e. The molecule has 0 aliphatic heterocycles. The fourth-order valence-electron chi connectivity index (χ4n) is 3.36. The van der Waals surface area contributed by atoms with Gasteiger partial charge in [0.05, 0.1) is 0 Å². The Morgan fingerprint density at radius 3 is 2.47 bits per heavy atom. The molecule has 0 N–H and O–H groups in total. The number of hydrogen-bond acceptors (Lipinski definition) is 0. The topological polar surface area (TPSA) is 0 Å². The van der Waals surface area contributed by atoms with Crippen molar-refractivity contribution in [2.75, 3.05) is 0 Å². The molecule has 0 saturated heterocycles. The molecule has 92 valence electrons. The van der Waals surface area contributed by atoms with Crippen molar-refractivity contribution in [3.05, 3.63) is 34.4 Å². The first-order chi connectivity index (χ1) is 8.24. The first kappa shape index (κ1) is 11.8. The van der Waals surface area contributed by atoms with E-state index in [-0.39, 0.29) is 0 Å². The van der Waals surface area contributed by atoms with Crippen LogP contribution in [0.5, 0.6) is 0 Å². The van der Waals surface area contributed by atoms with E-state index in [1.54, 1.807) is 22.3 Å². The molecule has 0 nitrogen and oxygen atoms in total. The van der Waals surface area contributed by atoms with Crippen LogP contribution in [-0.2, 0) is 19.3 Å². The molecule has 1 heteroatoms. The lowest BCUT2D eigenvalue weighted by molar-refractivity contribution is 0.508. The highest BCUT2D eigenvalue weighted by Gasteiger charge is 2.22. The van der Waals surface area contributed by atoms with Crippen LogP contribution < -0.4 is 0 Å². The SMILES string of the molecule is CC1CCc2cc3c(cc2C(Br)C1)CCCC3. The van der Waals surface area contributed by atoms with E-state index >= 15 is 0 Å². The molecule has 0 heterocycles. The fourth-order valence-corrected chi connectivity index (χ4v) is 4.43. The van der Waals surface area contributed by atoms with Gasteiger partial charge in [-0.25, -0.2) is 0 Å². The molecule has 2 unspecified atom stereocenters. The Bertz CT molecular complexity index is 422. The Labute approximate surface area is 113 Å². The number of halogens is 1. The molecular weight excluding hydrogens is 272 g/mol. The molecule has 0 aromatic heterocycles. The minimum absolute atomic E-state index is 0.585. The molecule has 17 heavy (non-hydrogen) atoms.